The summed E-state index contributed by atoms with van der Waals surface area (Å²) in [6.45, 7) is 4.76. The van der Waals surface area contributed by atoms with E-state index in [1.165, 1.54) is 28.1 Å². The van der Waals surface area contributed by atoms with E-state index in [2.05, 4.69) is 11.4 Å². The maximum absolute atomic E-state index is 12.6. The van der Waals surface area contributed by atoms with E-state index in [-0.39, 0.29) is 11.9 Å². The quantitative estimate of drug-likeness (QED) is 0.613. The summed E-state index contributed by atoms with van der Waals surface area (Å²) in [5.74, 6) is 0.0571. The molecule has 0 spiro atoms. The van der Waals surface area contributed by atoms with Crippen molar-refractivity contribution < 1.29 is 18.1 Å². The number of nitrogens with one attached hydrogen (secondary N) is 2. The number of sulfonamides is 1. The Labute approximate surface area is 180 Å². The van der Waals surface area contributed by atoms with E-state index < -0.39 is 10.0 Å². The minimum atomic E-state index is -3.44. The highest BCUT2D eigenvalue weighted by Gasteiger charge is 2.32. The third-order valence-corrected chi connectivity index (χ3v) is 7.66. The van der Waals surface area contributed by atoms with Crippen LogP contribution in [0.2, 0.25) is 0 Å². The molecule has 0 radical (unpaired) electrons. The number of amides is 1. The van der Waals surface area contributed by atoms with Crippen molar-refractivity contribution in [3.8, 4) is 0 Å². The van der Waals surface area contributed by atoms with Crippen molar-refractivity contribution in [3.05, 3.63) is 53.0 Å². The van der Waals surface area contributed by atoms with Gasteiger partial charge in [0.1, 0.15) is 0 Å². The van der Waals surface area contributed by atoms with Gasteiger partial charge in [-0.15, -0.1) is 0 Å². The Balaban J connectivity index is 1.44. The molecule has 3 rings (SSSR count). The Morgan fingerprint density at radius 3 is 2.60 bits per heavy atom. The first-order valence-corrected chi connectivity index (χ1v) is 12.5. The molecule has 1 atom stereocenters. The topological polar surface area (TPSA) is 70.9 Å². The number of allylic oxidation sites excluding steroid dienone is 1. The van der Waals surface area contributed by atoms with Crippen LogP contribution in [-0.2, 0) is 14.8 Å². The molecule has 1 aliphatic heterocycles. The maximum Gasteiger partial charge on any atom is 0.278 e. The highest BCUT2D eigenvalue weighted by molar-refractivity contribution is 7.92. The van der Waals surface area contributed by atoms with Crippen molar-refractivity contribution in [2.75, 3.05) is 32.7 Å². The van der Waals surface area contributed by atoms with Gasteiger partial charge in [0.2, 0.25) is 10.0 Å². The van der Waals surface area contributed by atoms with Crippen molar-refractivity contribution in [2.45, 2.75) is 45.1 Å². The normalized spacial score (nSPS) is 20.1. The van der Waals surface area contributed by atoms with Crippen molar-refractivity contribution in [2.24, 2.45) is 0 Å². The van der Waals surface area contributed by atoms with Gasteiger partial charge in [-0.05, 0) is 50.7 Å². The van der Waals surface area contributed by atoms with Crippen LogP contribution in [0.1, 0.15) is 44.6 Å². The third-order valence-electron chi connectivity index (χ3n) is 6.09. The molecule has 1 saturated heterocycles. The number of quaternary nitrogens is 1. The van der Waals surface area contributed by atoms with Gasteiger partial charge in [0.25, 0.3) is 5.91 Å². The van der Waals surface area contributed by atoms with Crippen LogP contribution in [0.4, 0.5) is 0 Å². The second-order valence-electron chi connectivity index (χ2n) is 8.19. The van der Waals surface area contributed by atoms with Crippen LogP contribution in [0.25, 0.3) is 6.08 Å². The molecule has 1 aromatic carbocycles. The third kappa shape index (κ3) is 6.52. The summed E-state index contributed by atoms with van der Waals surface area (Å²) in [4.78, 5) is 13.7. The highest BCUT2D eigenvalue weighted by atomic mass is 32.2. The van der Waals surface area contributed by atoms with Crippen molar-refractivity contribution in [3.63, 3.8) is 0 Å². The molecule has 1 fully saturated rings. The molecule has 6 nitrogen and oxygen atoms in total. The number of hydrogen-bond donors (Lipinski definition) is 2. The molecule has 2 N–H and O–H groups in total. The van der Waals surface area contributed by atoms with Gasteiger partial charge in [-0.1, -0.05) is 42.0 Å². The molecule has 1 aliphatic carbocycles. The molecule has 164 valence electrons. The molecule has 0 aromatic heterocycles. The van der Waals surface area contributed by atoms with E-state index >= 15 is 0 Å². The van der Waals surface area contributed by atoms with E-state index in [1.807, 2.05) is 37.3 Å². The van der Waals surface area contributed by atoms with Gasteiger partial charge >= 0.3 is 0 Å². The summed E-state index contributed by atoms with van der Waals surface area (Å²) in [7, 11) is -3.44. The van der Waals surface area contributed by atoms with Gasteiger partial charge in [-0.2, -0.15) is 4.31 Å². The van der Waals surface area contributed by atoms with Crippen molar-refractivity contribution >= 4 is 22.0 Å². The summed E-state index contributed by atoms with van der Waals surface area (Å²) in [6.07, 6.45) is 9.74. The summed E-state index contributed by atoms with van der Waals surface area (Å²) >= 11 is 0. The predicted molar refractivity (Wildman–Crippen MR) is 120 cm³/mol. The fraction of sp³-hybridized carbons (Fsp3) is 0.522. The molecule has 2 aliphatic rings. The lowest BCUT2D eigenvalue weighted by Crippen LogP contribution is -3.19. The number of benzene rings is 1. The molecular formula is C23H34N3O3S+. The first-order valence-electron chi connectivity index (χ1n) is 11.0. The van der Waals surface area contributed by atoms with Crippen LogP contribution < -0.4 is 10.2 Å². The predicted octanol–water partition coefficient (Wildman–Crippen LogP) is 1.58. The number of nitrogens with zero attached hydrogens (tertiary/aromatic N) is 1. The molecule has 1 aromatic rings. The van der Waals surface area contributed by atoms with Crippen LogP contribution in [-0.4, -0.2) is 57.4 Å². The van der Waals surface area contributed by atoms with E-state index in [1.54, 1.807) is 6.08 Å². The molecule has 7 heteroatoms. The number of piperazine rings is 1. The second kappa shape index (κ2) is 10.9. The summed E-state index contributed by atoms with van der Waals surface area (Å²) < 4.78 is 26.7. The van der Waals surface area contributed by atoms with Crippen molar-refractivity contribution in [1.82, 2.24) is 9.62 Å². The largest absolute Gasteiger partial charge is 0.351 e. The van der Waals surface area contributed by atoms with E-state index in [4.69, 9.17) is 0 Å². The van der Waals surface area contributed by atoms with E-state index in [0.717, 1.165) is 29.7 Å². The van der Waals surface area contributed by atoms with E-state index in [0.29, 0.717) is 32.7 Å². The standard InChI is InChI=1S/C23H33N3O3S/c1-20(23(27)24-14-12-21-8-4-2-5-9-21)25-15-17-26(18-16-25)30(28,29)19-13-22-10-6-3-7-11-22/h3,6-8,10-11,13,19-20H,2,4-5,9,12,14-18H2,1H3,(H,24,27)/p+1/b19-13+/t20-/m1/s1. The number of hydrogen-bond acceptors (Lipinski definition) is 3. The lowest BCUT2D eigenvalue weighted by molar-refractivity contribution is -0.917. The fourth-order valence-corrected chi connectivity index (χ4v) is 5.28. The zero-order valence-electron chi connectivity index (χ0n) is 17.8. The van der Waals surface area contributed by atoms with Gasteiger partial charge < -0.3 is 10.2 Å². The second-order valence-corrected chi connectivity index (χ2v) is 10.0. The molecule has 1 heterocycles. The van der Waals surface area contributed by atoms with Crippen LogP contribution >= 0.6 is 0 Å². The Bertz CT molecular complexity index is 857. The Hall–Kier alpha value is -1.96. The zero-order chi connectivity index (χ0) is 21.4. The average molecular weight is 433 g/mol. The van der Waals surface area contributed by atoms with E-state index in [9.17, 15) is 13.2 Å². The highest BCUT2D eigenvalue weighted by Crippen LogP contribution is 2.19. The lowest BCUT2D eigenvalue weighted by Gasteiger charge is -2.33. The Kier molecular flexibility index (Phi) is 8.24. The maximum atomic E-state index is 12.6. The van der Waals surface area contributed by atoms with Crippen LogP contribution in [0, 0.1) is 0 Å². The number of carbonyl (C=O) groups is 1. The molecule has 0 unspecified atom stereocenters. The van der Waals surface area contributed by atoms with Gasteiger partial charge in [0, 0.05) is 12.0 Å². The van der Waals surface area contributed by atoms with Gasteiger partial charge in [0.15, 0.2) is 6.04 Å². The SMILES string of the molecule is C[C@H](C(=O)NCCC1=CCCCC1)[NH+]1CCN(S(=O)(=O)/C=C/c2ccccc2)CC1. The van der Waals surface area contributed by atoms with Crippen LogP contribution in [0.5, 0.6) is 0 Å². The molecule has 0 bridgehead atoms. The van der Waals surface area contributed by atoms with Crippen LogP contribution in [0.3, 0.4) is 0 Å². The first-order chi connectivity index (χ1) is 14.5. The minimum absolute atomic E-state index is 0.0571. The van der Waals surface area contributed by atoms with Crippen molar-refractivity contribution in [1.29, 1.82) is 0 Å². The minimum Gasteiger partial charge on any atom is -0.351 e. The van der Waals surface area contributed by atoms with Crippen LogP contribution in [0.15, 0.2) is 47.4 Å². The fourth-order valence-electron chi connectivity index (χ4n) is 4.09. The summed E-state index contributed by atoms with van der Waals surface area (Å²) in [5.41, 5.74) is 2.32. The van der Waals surface area contributed by atoms with Gasteiger partial charge in [-0.25, -0.2) is 8.42 Å². The monoisotopic (exact) mass is 432 g/mol. The smallest absolute Gasteiger partial charge is 0.278 e. The Morgan fingerprint density at radius 1 is 1.20 bits per heavy atom. The zero-order valence-corrected chi connectivity index (χ0v) is 18.7. The number of carbonyl (C=O) groups excluding carboxylic acids is 1. The average Bonchev–Trinajstić information content (AvgIpc) is 2.79. The Morgan fingerprint density at radius 2 is 1.93 bits per heavy atom. The number of rotatable bonds is 8. The molecule has 1 amide bonds. The molecule has 30 heavy (non-hydrogen) atoms. The van der Waals surface area contributed by atoms with Gasteiger partial charge in [-0.3, -0.25) is 4.79 Å². The van der Waals surface area contributed by atoms with Gasteiger partial charge in [0.05, 0.1) is 26.2 Å². The molecular weight excluding hydrogens is 398 g/mol. The summed E-state index contributed by atoms with van der Waals surface area (Å²) in [6, 6.07) is 9.24. The first kappa shape index (κ1) is 22.7. The molecule has 0 saturated carbocycles. The summed E-state index contributed by atoms with van der Waals surface area (Å²) in [5, 5.41) is 4.34. The lowest BCUT2D eigenvalue weighted by atomic mass is 9.97.